The lowest BCUT2D eigenvalue weighted by Crippen LogP contribution is -2.49. The van der Waals surface area contributed by atoms with Gasteiger partial charge < -0.3 is 19.3 Å². The Hall–Kier alpha value is -2.59. The van der Waals surface area contributed by atoms with Crippen molar-refractivity contribution in [3.05, 3.63) is 30.1 Å². The van der Waals surface area contributed by atoms with Crippen LogP contribution >= 0.6 is 0 Å². The molecule has 31 heavy (non-hydrogen) atoms. The fraction of sp³-hybridized carbons (Fsp3) is 0.524. The molecule has 0 N–H and O–H groups in total. The van der Waals surface area contributed by atoms with Crippen molar-refractivity contribution in [1.29, 1.82) is 0 Å². The molecule has 4 rings (SSSR count). The fourth-order valence-electron chi connectivity index (χ4n) is 4.09. The highest BCUT2D eigenvalue weighted by Gasteiger charge is 2.30. The van der Waals surface area contributed by atoms with Crippen LogP contribution in [0, 0.1) is 6.92 Å². The van der Waals surface area contributed by atoms with Gasteiger partial charge in [0, 0.05) is 51.4 Å². The predicted octanol–water partition coefficient (Wildman–Crippen LogP) is 1.91. The van der Waals surface area contributed by atoms with Gasteiger partial charge in [0.25, 0.3) is 0 Å². The van der Waals surface area contributed by atoms with Crippen molar-refractivity contribution in [1.82, 2.24) is 14.3 Å². The molecule has 2 aromatic rings. The van der Waals surface area contributed by atoms with Crippen molar-refractivity contribution in [2.45, 2.75) is 24.7 Å². The molecule has 3 heterocycles. The number of piperazine rings is 1. The van der Waals surface area contributed by atoms with Gasteiger partial charge in [-0.2, -0.15) is 4.31 Å². The minimum atomic E-state index is -3.62. The molecule has 0 radical (unpaired) electrons. The molecule has 0 bridgehead atoms. The molecular weight excluding hydrogens is 418 g/mol. The van der Waals surface area contributed by atoms with Crippen molar-refractivity contribution < 1.29 is 17.9 Å². The van der Waals surface area contributed by atoms with Crippen LogP contribution in [0.1, 0.15) is 18.7 Å². The molecule has 1 aromatic carbocycles. The van der Waals surface area contributed by atoms with Gasteiger partial charge in [0.15, 0.2) is 11.5 Å². The highest BCUT2D eigenvalue weighted by atomic mass is 32.2. The molecule has 2 fully saturated rings. The molecule has 0 aliphatic carbocycles. The molecule has 10 heteroatoms. The summed E-state index contributed by atoms with van der Waals surface area (Å²) in [5, 5.41) is 0. The fourth-order valence-corrected chi connectivity index (χ4v) is 5.53. The molecule has 0 amide bonds. The summed E-state index contributed by atoms with van der Waals surface area (Å²) in [5.41, 5.74) is 0. The molecule has 2 saturated heterocycles. The molecule has 168 valence electrons. The third-order valence-corrected chi connectivity index (χ3v) is 7.69. The van der Waals surface area contributed by atoms with E-state index in [0.29, 0.717) is 37.7 Å². The number of anilines is 2. The summed E-state index contributed by atoms with van der Waals surface area (Å²) in [5.74, 6) is 3.45. The Balaban J connectivity index is 1.48. The van der Waals surface area contributed by atoms with Gasteiger partial charge in [0.1, 0.15) is 17.5 Å². The number of methoxy groups -OCH3 is 2. The van der Waals surface area contributed by atoms with Crippen LogP contribution in [0.5, 0.6) is 11.5 Å². The highest BCUT2D eigenvalue weighted by molar-refractivity contribution is 7.89. The summed E-state index contributed by atoms with van der Waals surface area (Å²) >= 11 is 0. The summed E-state index contributed by atoms with van der Waals surface area (Å²) in [4.78, 5) is 13.8. The number of rotatable bonds is 6. The standard InChI is InChI=1S/C21H29N5O4S/c1-16-22-20(24-8-4-5-9-24)15-21(23-16)25-10-12-26(13-11-25)31(27,28)17-6-7-18(29-2)19(14-17)30-3/h6-7,14-15H,4-5,8-13H2,1-3H3. The highest BCUT2D eigenvalue weighted by Crippen LogP contribution is 2.31. The first-order valence-electron chi connectivity index (χ1n) is 10.5. The lowest BCUT2D eigenvalue weighted by atomic mass is 10.3. The number of sulfonamides is 1. The smallest absolute Gasteiger partial charge is 0.243 e. The number of ether oxygens (including phenoxy) is 2. The average Bonchev–Trinajstić information content (AvgIpc) is 3.33. The normalized spacial score (nSPS) is 17.8. The van der Waals surface area contributed by atoms with Crippen molar-refractivity contribution in [2.75, 3.05) is 63.3 Å². The van der Waals surface area contributed by atoms with E-state index in [1.807, 2.05) is 13.0 Å². The van der Waals surface area contributed by atoms with E-state index in [1.165, 1.54) is 37.4 Å². The third-order valence-electron chi connectivity index (χ3n) is 5.80. The lowest BCUT2D eigenvalue weighted by molar-refractivity contribution is 0.353. The first kappa shape index (κ1) is 21.6. The van der Waals surface area contributed by atoms with Gasteiger partial charge in [-0.15, -0.1) is 0 Å². The molecular formula is C21H29N5O4S. The lowest BCUT2D eigenvalue weighted by Gasteiger charge is -2.35. The molecule has 1 aromatic heterocycles. The Morgan fingerprint density at radius 1 is 0.806 bits per heavy atom. The van der Waals surface area contributed by atoms with Gasteiger partial charge in [-0.25, -0.2) is 18.4 Å². The first-order chi connectivity index (χ1) is 14.9. The maximum absolute atomic E-state index is 13.2. The Morgan fingerprint density at radius 2 is 1.39 bits per heavy atom. The van der Waals surface area contributed by atoms with Crippen molar-refractivity contribution >= 4 is 21.7 Å². The van der Waals surface area contributed by atoms with Crippen LogP contribution in [0.25, 0.3) is 0 Å². The Morgan fingerprint density at radius 3 is 1.97 bits per heavy atom. The minimum Gasteiger partial charge on any atom is -0.493 e. The number of hydrogen-bond acceptors (Lipinski definition) is 8. The summed E-state index contributed by atoms with van der Waals surface area (Å²) in [6, 6.07) is 6.71. The van der Waals surface area contributed by atoms with Gasteiger partial charge in [0.2, 0.25) is 10.0 Å². The predicted molar refractivity (Wildman–Crippen MR) is 119 cm³/mol. The second-order valence-corrected chi connectivity index (χ2v) is 9.67. The number of nitrogens with zero attached hydrogens (tertiary/aromatic N) is 5. The monoisotopic (exact) mass is 447 g/mol. The number of benzene rings is 1. The second kappa shape index (κ2) is 8.88. The zero-order valence-electron chi connectivity index (χ0n) is 18.2. The summed E-state index contributed by atoms with van der Waals surface area (Å²) < 4.78 is 38.3. The second-order valence-electron chi connectivity index (χ2n) is 7.73. The summed E-state index contributed by atoms with van der Waals surface area (Å²) in [6.45, 7) is 5.86. The van der Waals surface area contributed by atoms with E-state index in [4.69, 9.17) is 9.47 Å². The first-order valence-corrected chi connectivity index (χ1v) is 11.9. The Bertz CT molecular complexity index is 1030. The van der Waals surface area contributed by atoms with Gasteiger partial charge in [0.05, 0.1) is 19.1 Å². The van der Waals surface area contributed by atoms with Gasteiger partial charge in [-0.3, -0.25) is 0 Å². The van der Waals surface area contributed by atoms with E-state index in [-0.39, 0.29) is 4.90 Å². The number of aromatic nitrogens is 2. The van der Waals surface area contributed by atoms with E-state index in [9.17, 15) is 8.42 Å². The van der Waals surface area contributed by atoms with Crippen LogP contribution in [0.3, 0.4) is 0 Å². The molecule has 0 saturated carbocycles. The van der Waals surface area contributed by atoms with Crippen molar-refractivity contribution in [2.24, 2.45) is 0 Å². The quantitative estimate of drug-likeness (QED) is 0.664. The number of aryl methyl sites for hydroxylation is 1. The molecule has 0 spiro atoms. The van der Waals surface area contributed by atoms with Crippen molar-refractivity contribution in [3.63, 3.8) is 0 Å². The minimum absolute atomic E-state index is 0.202. The summed E-state index contributed by atoms with van der Waals surface area (Å²) in [7, 11) is -0.608. The van der Waals surface area contributed by atoms with Crippen LogP contribution < -0.4 is 19.3 Å². The Labute approximate surface area is 183 Å². The third kappa shape index (κ3) is 4.40. The van der Waals surface area contributed by atoms with Crippen molar-refractivity contribution in [3.8, 4) is 11.5 Å². The van der Waals surface area contributed by atoms with Crippen LogP contribution in [0.2, 0.25) is 0 Å². The van der Waals surface area contributed by atoms with E-state index in [0.717, 1.165) is 30.5 Å². The van der Waals surface area contributed by atoms with Crippen LogP contribution in [0.4, 0.5) is 11.6 Å². The number of hydrogen-bond donors (Lipinski definition) is 0. The maximum atomic E-state index is 13.2. The van der Waals surface area contributed by atoms with E-state index >= 15 is 0 Å². The van der Waals surface area contributed by atoms with Crippen LogP contribution in [-0.4, -0.2) is 76.2 Å². The van der Waals surface area contributed by atoms with Gasteiger partial charge >= 0.3 is 0 Å². The zero-order valence-corrected chi connectivity index (χ0v) is 19.1. The van der Waals surface area contributed by atoms with E-state index < -0.39 is 10.0 Å². The summed E-state index contributed by atoms with van der Waals surface area (Å²) in [6.07, 6.45) is 2.37. The molecule has 9 nitrogen and oxygen atoms in total. The largest absolute Gasteiger partial charge is 0.493 e. The van der Waals surface area contributed by atoms with E-state index in [2.05, 4.69) is 19.8 Å². The van der Waals surface area contributed by atoms with Gasteiger partial charge in [-0.1, -0.05) is 0 Å². The van der Waals surface area contributed by atoms with E-state index in [1.54, 1.807) is 12.1 Å². The molecule has 0 atom stereocenters. The van der Waals surface area contributed by atoms with Crippen LogP contribution in [-0.2, 0) is 10.0 Å². The maximum Gasteiger partial charge on any atom is 0.243 e. The topological polar surface area (TPSA) is 88.1 Å². The SMILES string of the molecule is COc1ccc(S(=O)(=O)N2CCN(c3cc(N4CCCC4)nc(C)n3)CC2)cc1OC. The molecule has 2 aliphatic rings. The molecule has 0 unspecified atom stereocenters. The zero-order chi connectivity index (χ0) is 22.0. The van der Waals surface area contributed by atoms with Crippen LogP contribution in [0.15, 0.2) is 29.2 Å². The molecule has 2 aliphatic heterocycles. The van der Waals surface area contributed by atoms with Gasteiger partial charge in [-0.05, 0) is 31.9 Å². The Kier molecular flexibility index (Phi) is 6.19. The average molecular weight is 448 g/mol.